The summed E-state index contributed by atoms with van der Waals surface area (Å²) < 4.78 is 12.2. The number of likely N-dealkylation sites (N-methyl/N-ethyl adjacent to an activating group) is 2. The SMILES string of the molecule is CCN(CC)c1ccc(C=C(C#N)C(=O)OCC[N+](C)(C)Cc2ccc(C[N+](C)(C)CCOC(=O)C(C#N)=Cc3ccc(N(CC)CC)cc3)cc2)cc1. The number of quaternary nitrogens is 2. The molecule has 3 aromatic rings. The molecule has 0 radical (unpaired) electrons. The molecule has 10 heteroatoms. The van der Waals surface area contributed by atoms with E-state index in [1.54, 1.807) is 12.2 Å². The molecule has 0 saturated carbocycles. The van der Waals surface area contributed by atoms with Gasteiger partial charge in [-0.1, -0.05) is 48.5 Å². The number of hydrogen-bond donors (Lipinski definition) is 0. The lowest BCUT2D eigenvalue weighted by molar-refractivity contribution is -0.904. The van der Waals surface area contributed by atoms with Gasteiger partial charge in [0.2, 0.25) is 0 Å². The first-order chi connectivity index (χ1) is 25.8. The van der Waals surface area contributed by atoms with Crippen molar-refractivity contribution >= 4 is 35.5 Å². The van der Waals surface area contributed by atoms with E-state index in [0.717, 1.165) is 72.9 Å². The number of anilines is 2. The van der Waals surface area contributed by atoms with E-state index in [1.165, 1.54) is 0 Å². The van der Waals surface area contributed by atoms with Crippen LogP contribution in [0.2, 0.25) is 0 Å². The van der Waals surface area contributed by atoms with Crippen molar-refractivity contribution in [1.82, 2.24) is 0 Å². The Balaban J connectivity index is 1.46. The molecule has 0 atom stereocenters. The summed E-state index contributed by atoms with van der Waals surface area (Å²) in [7, 11) is 8.32. The van der Waals surface area contributed by atoms with E-state index in [4.69, 9.17) is 9.47 Å². The van der Waals surface area contributed by atoms with Gasteiger partial charge in [0, 0.05) is 48.7 Å². The third-order valence-corrected chi connectivity index (χ3v) is 9.45. The molecular weight excluding hydrogens is 677 g/mol. The predicted molar refractivity (Wildman–Crippen MR) is 217 cm³/mol. The third kappa shape index (κ3) is 13.5. The fourth-order valence-corrected chi connectivity index (χ4v) is 6.17. The van der Waals surface area contributed by atoms with Crippen LogP contribution in [0.1, 0.15) is 49.9 Å². The molecule has 0 aromatic heterocycles. The normalized spacial score (nSPS) is 12.0. The van der Waals surface area contributed by atoms with Crippen molar-refractivity contribution in [1.29, 1.82) is 10.5 Å². The fourth-order valence-electron chi connectivity index (χ4n) is 6.17. The lowest BCUT2D eigenvalue weighted by atomic mass is 10.1. The first-order valence-corrected chi connectivity index (χ1v) is 18.8. The summed E-state index contributed by atoms with van der Waals surface area (Å²) in [5.74, 6) is -1.24. The standard InChI is InChI=1S/C44H58N6O4/c1-9-47(10-2)41-21-17-35(18-22-41)29-39(31-45)43(51)53-27-25-49(5,6)33-37-13-15-38(16-14-37)34-50(7,8)26-28-54-44(52)40(32-46)30-36-19-23-42(24-20-36)48(11-3)12-4/h13-24,29-30H,9-12,25-28,33-34H2,1-8H3/q+2. The predicted octanol–water partition coefficient (Wildman–Crippen LogP) is 6.83. The number of esters is 2. The molecule has 0 aliphatic carbocycles. The number of rotatable bonds is 20. The van der Waals surface area contributed by atoms with Crippen LogP contribution in [0.4, 0.5) is 11.4 Å². The van der Waals surface area contributed by atoms with Crippen molar-refractivity contribution in [3.05, 3.63) is 106 Å². The average Bonchev–Trinajstić information content (AvgIpc) is 3.15. The maximum Gasteiger partial charge on any atom is 0.349 e. The highest BCUT2D eigenvalue weighted by Gasteiger charge is 2.21. The molecule has 0 saturated heterocycles. The highest BCUT2D eigenvalue weighted by atomic mass is 16.5. The van der Waals surface area contributed by atoms with Gasteiger partial charge < -0.3 is 28.2 Å². The second-order valence-electron chi connectivity index (χ2n) is 14.6. The van der Waals surface area contributed by atoms with Crippen LogP contribution in [0.15, 0.2) is 83.9 Å². The molecule has 0 N–H and O–H groups in total. The van der Waals surface area contributed by atoms with E-state index < -0.39 is 11.9 Å². The zero-order valence-corrected chi connectivity index (χ0v) is 33.5. The second kappa shape index (κ2) is 20.7. The summed E-state index contributed by atoms with van der Waals surface area (Å²) >= 11 is 0. The first-order valence-electron chi connectivity index (χ1n) is 18.8. The van der Waals surface area contributed by atoms with E-state index in [1.807, 2.05) is 60.7 Å². The van der Waals surface area contributed by atoms with Gasteiger partial charge in [0.25, 0.3) is 0 Å². The van der Waals surface area contributed by atoms with Gasteiger partial charge in [0.05, 0.1) is 28.2 Å². The van der Waals surface area contributed by atoms with Gasteiger partial charge in [-0.3, -0.25) is 0 Å². The second-order valence-corrected chi connectivity index (χ2v) is 14.6. The number of hydrogen-bond acceptors (Lipinski definition) is 8. The van der Waals surface area contributed by atoms with E-state index in [2.05, 4.69) is 90.0 Å². The van der Waals surface area contributed by atoms with Crippen LogP contribution in [-0.2, 0) is 32.2 Å². The molecule has 0 unspecified atom stereocenters. The van der Waals surface area contributed by atoms with E-state index in [9.17, 15) is 20.1 Å². The van der Waals surface area contributed by atoms with E-state index in [0.29, 0.717) is 22.1 Å². The van der Waals surface area contributed by atoms with Gasteiger partial charge in [0.15, 0.2) is 0 Å². The van der Waals surface area contributed by atoms with Crippen LogP contribution in [0, 0.1) is 22.7 Å². The molecule has 3 aromatic carbocycles. The van der Waals surface area contributed by atoms with Crippen LogP contribution in [0.3, 0.4) is 0 Å². The van der Waals surface area contributed by atoms with Gasteiger partial charge in [0.1, 0.15) is 62.7 Å². The summed E-state index contributed by atoms with van der Waals surface area (Å²) in [6.07, 6.45) is 3.14. The average molecular weight is 735 g/mol. The Bertz CT molecular complexity index is 1670. The van der Waals surface area contributed by atoms with Gasteiger partial charge in [-0.05, 0) is 75.2 Å². The van der Waals surface area contributed by atoms with Gasteiger partial charge >= 0.3 is 11.9 Å². The smallest absolute Gasteiger partial charge is 0.349 e. The van der Waals surface area contributed by atoms with Crippen molar-refractivity contribution in [3.8, 4) is 12.1 Å². The molecule has 0 bridgehead atoms. The Morgan fingerprint density at radius 2 is 0.889 bits per heavy atom. The van der Waals surface area contributed by atoms with Crippen LogP contribution < -0.4 is 9.80 Å². The van der Waals surface area contributed by atoms with Crippen molar-refractivity contribution in [2.75, 3.05) is 90.5 Å². The summed E-state index contributed by atoms with van der Waals surface area (Å²) in [6.45, 7) is 15.1. The quantitative estimate of drug-likeness (QED) is 0.0539. The van der Waals surface area contributed by atoms with Crippen LogP contribution in [0.25, 0.3) is 12.2 Å². The number of carbonyl (C=O) groups excluding carboxylic acids is 2. The summed E-state index contributed by atoms with van der Waals surface area (Å²) in [4.78, 5) is 29.9. The monoisotopic (exact) mass is 734 g/mol. The van der Waals surface area contributed by atoms with Crippen molar-refractivity contribution < 1.29 is 28.0 Å². The molecule has 0 fully saturated rings. The van der Waals surface area contributed by atoms with Crippen LogP contribution in [0.5, 0.6) is 0 Å². The highest BCUT2D eigenvalue weighted by Crippen LogP contribution is 2.19. The summed E-state index contributed by atoms with van der Waals surface area (Å²) in [5, 5.41) is 19.3. The topological polar surface area (TPSA) is 107 Å². The number of nitrogens with zero attached hydrogens (tertiary/aromatic N) is 6. The van der Waals surface area contributed by atoms with Crippen LogP contribution >= 0.6 is 0 Å². The van der Waals surface area contributed by atoms with Crippen molar-refractivity contribution in [2.24, 2.45) is 0 Å². The molecule has 10 nitrogen and oxygen atoms in total. The number of nitriles is 2. The minimum Gasteiger partial charge on any atom is -0.456 e. The van der Waals surface area contributed by atoms with Gasteiger partial charge in [-0.15, -0.1) is 0 Å². The maximum absolute atomic E-state index is 12.7. The van der Waals surface area contributed by atoms with E-state index >= 15 is 0 Å². The lowest BCUT2D eigenvalue weighted by Crippen LogP contribution is -2.42. The summed E-state index contributed by atoms with van der Waals surface area (Å²) in [5.41, 5.74) is 5.99. The number of benzene rings is 3. The fraction of sp³-hybridized carbons (Fsp3) is 0.409. The molecule has 0 amide bonds. The Morgan fingerprint density at radius 1 is 0.574 bits per heavy atom. The number of ether oxygens (including phenoxy) is 2. The lowest BCUT2D eigenvalue weighted by Gasteiger charge is -2.30. The van der Waals surface area contributed by atoms with Crippen molar-refractivity contribution in [2.45, 2.75) is 40.8 Å². The summed E-state index contributed by atoms with van der Waals surface area (Å²) in [6, 6.07) is 28.0. The molecule has 0 aliphatic heterocycles. The Hall–Kier alpha value is -5.42. The molecule has 286 valence electrons. The zero-order chi connectivity index (χ0) is 39.7. The van der Waals surface area contributed by atoms with Crippen LogP contribution in [-0.4, -0.2) is 102 Å². The van der Waals surface area contributed by atoms with Gasteiger partial charge in [-0.2, -0.15) is 10.5 Å². The highest BCUT2D eigenvalue weighted by molar-refractivity contribution is 5.98. The molecule has 0 aliphatic rings. The Labute approximate surface area is 322 Å². The molecule has 3 rings (SSSR count). The Kier molecular flexibility index (Phi) is 16.5. The molecule has 0 heterocycles. The molecular formula is C44H58N6O4+2. The largest absolute Gasteiger partial charge is 0.456 e. The molecule has 54 heavy (non-hydrogen) atoms. The maximum atomic E-state index is 12.7. The number of carbonyl (C=O) groups is 2. The zero-order valence-electron chi connectivity index (χ0n) is 33.5. The van der Waals surface area contributed by atoms with Gasteiger partial charge in [-0.25, -0.2) is 9.59 Å². The minimum absolute atomic E-state index is 0.0256. The molecule has 0 spiro atoms. The first kappa shape index (κ1) is 43.0. The minimum atomic E-state index is -0.621. The van der Waals surface area contributed by atoms with Crippen molar-refractivity contribution in [3.63, 3.8) is 0 Å². The Morgan fingerprint density at radius 3 is 1.17 bits per heavy atom. The third-order valence-electron chi connectivity index (χ3n) is 9.45. The van der Waals surface area contributed by atoms with E-state index in [-0.39, 0.29) is 24.4 Å².